The number of thiazole rings is 1. The molecule has 0 spiro atoms. The Balaban J connectivity index is 2.48. The number of hydrogen-bond acceptors (Lipinski definition) is 4. The maximum absolute atomic E-state index is 11.4. The van der Waals surface area contributed by atoms with Gasteiger partial charge in [-0.1, -0.05) is 0 Å². The molecule has 0 aliphatic heterocycles. The summed E-state index contributed by atoms with van der Waals surface area (Å²) in [4.78, 5) is 15.5. The van der Waals surface area contributed by atoms with Gasteiger partial charge in [0.05, 0.1) is 5.41 Å². The van der Waals surface area contributed by atoms with Crippen molar-refractivity contribution in [3.8, 4) is 0 Å². The number of carbonyl (C=O) groups is 1. The predicted octanol–water partition coefficient (Wildman–Crippen LogP) is 1.33. The second-order valence-electron chi connectivity index (χ2n) is 3.65. The average molecular weight is 213 g/mol. The van der Waals surface area contributed by atoms with Crippen LogP contribution in [0, 0.1) is 5.41 Å². The Morgan fingerprint density at radius 2 is 2.36 bits per heavy atom. The minimum atomic E-state index is -0.416. The molecule has 0 atom stereocenters. The van der Waals surface area contributed by atoms with Gasteiger partial charge in [0.2, 0.25) is 5.91 Å². The zero-order valence-corrected chi connectivity index (χ0v) is 9.44. The van der Waals surface area contributed by atoms with Gasteiger partial charge in [0, 0.05) is 25.2 Å². The third-order valence-electron chi connectivity index (χ3n) is 1.96. The Labute approximate surface area is 87.7 Å². The summed E-state index contributed by atoms with van der Waals surface area (Å²) in [5.74, 6) is 0.0292. The molecule has 1 aromatic heterocycles. The van der Waals surface area contributed by atoms with Crippen molar-refractivity contribution in [2.75, 3.05) is 18.9 Å². The first kappa shape index (κ1) is 11.0. The van der Waals surface area contributed by atoms with Crippen LogP contribution in [0.3, 0.4) is 0 Å². The summed E-state index contributed by atoms with van der Waals surface area (Å²) in [6.07, 6.45) is 1.74. The van der Waals surface area contributed by atoms with Crippen molar-refractivity contribution in [3.63, 3.8) is 0 Å². The number of amides is 1. The van der Waals surface area contributed by atoms with Gasteiger partial charge in [-0.05, 0) is 13.8 Å². The number of rotatable bonds is 4. The van der Waals surface area contributed by atoms with Crippen LogP contribution in [0.2, 0.25) is 0 Å². The Bertz CT molecular complexity index is 295. The Morgan fingerprint density at radius 1 is 1.64 bits per heavy atom. The zero-order chi connectivity index (χ0) is 10.6. The van der Waals surface area contributed by atoms with Gasteiger partial charge in [0.25, 0.3) is 0 Å². The van der Waals surface area contributed by atoms with Crippen LogP contribution in [0.1, 0.15) is 13.8 Å². The molecule has 78 valence electrons. The molecule has 1 heterocycles. The highest BCUT2D eigenvalue weighted by Crippen LogP contribution is 2.18. The molecule has 1 rings (SSSR count). The van der Waals surface area contributed by atoms with E-state index in [1.165, 1.54) is 11.3 Å². The average Bonchev–Trinajstić information content (AvgIpc) is 2.66. The molecule has 14 heavy (non-hydrogen) atoms. The van der Waals surface area contributed by atoms with Gasteiger partial charge in [-0.25, -0.2) is 4.98 Å². The van der Waals surface area contributed by atoms with Crippen LogP contribution in [-0.2, 0) is 4.79 Å². The fraction of sp³-hybridized carbons (Fsp3) is 0.556. The van der Waals surface area contributed by atoms with Crippen LogP contribution in [0.5, 0.6) is 0 Å². The molecular formula is C9H15N3OS. The standard InChI is InChI=1S/C9H15N3OS/c1-9(2,7(13)10-3)6-12-8-11-4-5-14-8/h4-5H,6H2,1-3H3,(H,10,13)(H,11,12). The van der Waals surface area contributed by atoms with Gasteiger partial charge in [-0.2, -0.15) is 0 Å². The predicted molar refractivity (Wildman–Crippen MR) is 58.5 cm³/mol. The lowest BCUT2D eigenvalue weighted by molar-refractivity contribution is -0.128. The largest absolute Gasteiger partial charge is 0.360 e. The number of carbonyl (C=O) groups excluding carboxylic acids is 1. The van der Waals surface area contributed by atoms with Crippen LogP contribution in [0.25, 0.3) is 0 Å². The van der Waals surface area contributed by atoms with Crippen molar-refractivity contribution < 1.29 is 4.79 Å². The SMILES string of the molecule is CNC(=O)C(C)(C)CNc1nccs1. The second kappa shape index (κ2) is 4.41. The monoisotopic (exact) mass is 213 g/mol. The lowest BCUT2D eigenvalue weighted by Gasteiger charge is -2.22. The lowest BCUT2D eigenvalue weighted by Crippen LogP contribution is -2.39. The fourth-order valence-electron chi connectivity index (χ4n) is 1.03. The smallest absolute Gasteiger partial charge is 0.227 e. The van der Waals surface area contributed by atoms with Crippen LogP contribution in [-0.4, -0.2) is 24.5 Å². The minimum Gasteiger partial charge on any atom is -0.360 e. The van der Waals surface area contributed by atoms with E-state index in [0.717, 1.165) is 5.13 Å². The first-order chi connectivity index (χ1) is 6.56. The first-order valence-corrected chi connectivity index (χ1v) is 5.30. The van der Waals surface area contributed by atoms with E-state index in [1.54, 1.807) is 13.2 Å². The van der Waals surface area contributed by atoms with Gasteiger partial charge in [-0.15, -0.1) is 11.3 Å². The fourth-order valence-corrected chi connectivity index (χ4v) is 1.55. The van der Waals surface area contributed by atoms with Gasteiger partial charge in [0.1, 0.15) is 0 Å². The molecule has 1 amide bonds. The molecule has 0 aromatic carbocycles. The molecule has 2 N–H and O–H groups in total. The third kappa shape index (κ3) is 2.70. The maximum atomic E-state index is 11.4. The van der Waals surface area contributed by atoms with E-state index in [1.807, 2.05) is 19.2 Å². The maximum Gasteiger partial charge on any atom is 0.227 e. The molecule has 0 saturated heterocycles. The van der Waals surface area contributed by atoms with Crippen molar-refractivity contribution in [1.82, 2.24) is 10.3 Å². The molecule has 0 aliphatic carbocycles. The van der Waals surface area contributed by atoms with Crippen molar-refractivity contribution in [2.24, 2.45) is 5.41 Å². The number of aromatic nitrogens is 1. The van der Waals surface area contributed by atoms with Crippen molar-refractivity contribution in [2.45, 2.75) is 13.8 Å². The van der Waals surface area contributed by atoms with Crippen molar-refractivity contribution >= 4 is 22.4 Å². The Hall–Kier alpha value is -1.10. The molecule has 0 unspecified atom stereocenters. The molecule has 0 fully saturated rings. The number of nitrogens with one attached hydrogen (secondary N) is 2. The van der Waals surface area contributed by atoms with Gasteiger partial charge in [0.15, 0.2) is 5.13 Å². The van der Waals surface area contributed by atoms with Crippen LogP contribution in [0.4, 0.5) is 5.13 Å². The highest BCUT2D eigenvalue weighted by molar-refractivity contribution is 7.13. The Morgan fingerprint density at radius 3 is 2.86 bits per heavy atom. The van der Waals surface area contributed by atoms with Crippen LogP contribution >= 0.6 is 11.3 Å². The van der Waals surface area contributed by atoms with Gasteiger partial charge < -0.3 is 10.6 Å². The second-order valence-corrected chi connectivity index (χ2v) is 4.55. The highest BCUT2D eigenvalue weighted by Gasteiger charge is 2.26. The number of anilines is 1. The highest BCUT2D eigenvalue weighted by atomic mass is 32.1. The molecule has 0 bridgehead atoms. The Kier molecular flexibility index (Phi) is 3.46. The van der Waals surface area contributed by atoms with E-state index in [4.69, 9.17) is 0 Å². The molecule has 1 aromatic rings. The summed E-state index contributed by atoms with van der Waals surface area (Å²) >= 11 is 1.53. The van der Waals surface area contributed by atoms with Crippen molar-refractivity contribution in [1.29, 1.82) is 0 Å². The minimum absolute atomic E-state index is 0.0292. The quantitative estimate of drug-likeness (QED) is 0.793. The van der Waals surface area contributed by atoms with Crippen LogP contribution in [0.15, 0.2) is 11.6 Å². The lowest BCUT2D eigenvalue weighted by atomic mass is 9.92. The summed E-state index contributed by atoms with van der Waals surface area (Å²) in [5.41, 5.74) is -0.416. The molecule has 0 aliphatic rings. The van der Waals surface area contributed by atoms with E-state index < -0.39 is 5.41 Å². The van der Waals surface area contributed by atoms with E-state index >= 15 is 0 Å². The molecule has 4 nitrogen and oxygen atoms in total. The number of nitrogens with zero attached hydrogens (tertiary/aromatic N) is 1. The summed E-state index contributed by atoms with van der Waals surface area (Å²) in [6, 6.07) is 0. The third-order valence-corrected chi connectivity index (χ3v) is 2.69. The number of hydrogen-bond donors (Lipinski definition) is 2. The van der Waals surface area contributed by atoms with Gasteiger partial charge in [-0.3, -0.25) is 4.79 Å². The summed E-state index contributed by atoms with van der Waals surface area (Å²) < 4.78 is 0. The van der Waals surface area contributed by atoms with E-state index in [-0.39, 0.29) is 5.91 Å². The zero-order valence-electron chi connectivity index (χ0n) is 8.63. The molecule has 0 saturated carbocycles. The summed E-state index contributed by atoms with van der Waals surface area (Å²) in [7, 11) is 1.65. The summed E-state index contributed by atoms with van der Waals surface area (Å²) in [5, 5.41) is 8.51. The molecular weight excluding hydrogens is 198 g/mol. The molecule has 5 heteroatoms. The first-order valence-electron chi connectivity index (χ1n) is 4.42. The molecule has 0 radical (unpaired) electrons. The van der Waals surface area contributed by atoms with E-state index in [0.29, 0.717) is 6.54 Å². The van der Waals surface area contributed by atoms with E-state index in [9.17, 15) is 4.79 Å². The van der Waals surface area contributed by atoms with Crippen LogP contribution < -0.4 is 10.6 Å². The summed E-state index contributed by atoms with van der Waals surface area (Å²) in [6.45, 7) is 4.37. The van der Waals surface area contributed by atoms with E-state index in [2.05, 4.69) is 15.6 Å². The topological polar surface area (TPSA) is 54.0 Å². The van der Waals surface area contributed by atoms with Crippen molar-refractivity contribution in [3.05, 3.63) is 11.6 Å². The van der Waals surface area contributed by atoms with Gasteiger partial charge >= 0.3 is 0 Å². The normalized spacial score (nSPS) is 11.1.